The molecule has 0 amide bonds. The number of hydrogen-bond acceptors (Lipinski definition) is 4. The highest BCUT2D eigenvalue weighted by Crippen LogP contribution is 2.35. The number of methoxy groups -OCH3 is 1. The Balaban J connectivity index is 1.96. The first kappa shape index (κ1) is 15.1. The average Bonchev–Trinajstić information content (AvgIpc) is 2.94. The van der Waals surface area contributed by atoms with E-state index in [1.165, 1.54) is 12.8 Å². The summed E-state index contributed by atoms with van der Waals surface area (Å²) in [5, 5.41) is 14.0. The molecule has 0 bridgehead atoms. The molecule has 1 fully saturated rings. The second-order valence-electron chi connectivity index (χ2n) is 6.12. The molecule has 2 atom stereocenters. The number of nitrogens with zero attached hydrogens (tertiary/aromatic N) is 1. The van der Waals surface area contributed by atoms with Crippen LogP contribution >= 0.6 is 0 Å². The van der Waals surface area contributed by atoms with E-state index in [-0.39, 0.29) is 6.61 Å². The van der Waals surface area contributed by atoms with Crippen LogP contribution in [0, 0.1) is 12.8 Å². The van der Waals surface area contributed by atoms with Gasteiger partial charge in [0.15, 0.2) is 0 Å². The fraction of sp³-hybridized carbons (Fsp3) is 0.500. The van der Waals surface area contributed by atoms with E-state index >= 15 is 0 Å². The number of pyridine rings is 1. The van der Waals surface area contributed by atoms with Crippen LogP contribution in [-0.4, -0.2) is 29.8 Å². The van der Waals surface area contributed by atoms with Crippen molar-refractivity contribution in [2.24, 2.45) is 5.92 Å². The van der Waals surface area contributed by atoms with Gasteiger partial charge >= 0.3 is 0 Å². The lowest BCUT2D eigenvalue weighted by molar-refractivity contribution is 0.254. The van der Waals surface area contributed by atoms with Crippen LogP contribution in [0.2, 0.25) is 0 Å². The number of benzene rings is 1. The topological polar surface area (TPSA) is 54.4 Å². The maximum absolute atomic E-state index is 9.24. The van der Waals surface area contributed by atoms with Gasteiger partial charge in [0, 0.05) is 29.4 Å². The summed E-state index contributed by atoms with van der Waals surface area (Å²) in [4.78, 5) is 4.63. The van der Waals surface area contributed by atoms with E-state index in [1.54, 1.807) is 7.11 Å². The van der Waals surface area contributed by atoms with Gasteiger partial charge in [-0.1, -0.05) is 18.6 Å². The number of hydrogen-bond donors (Lipinski definition) is 2. The Bertz CT molecular complexity index is 657. The van der Waals surface area contributed by atoms with Gasteiger partial charge in [-0.15, -0.1) is 0 Å². The predicted molar refractivity (Wildman–Crippen MR) is 89.5 cm³/mol. The van der Waals surface area contributed by atoms with E-state index in [9.17, 15) is 5.11 Å². The largest absolute Gasteiger partial charge is 0.494 e. The third-order valence-electron chi connectivity index (χ3n) is 4.65. The molecule has 2 N–H and O–H groups in total. The molecule has 0 aliphatic heterocycles. The Morgan fingerprint density at radius 3 is 3.00 bits per heavy atom. The van der Waals surface area contributed by atoms with Crippen LogP contribution in [0.3, 0.4) is 0 Å². The predicted octanol–water partition coefficient (Wildman–Crippen LogP) is 3.51. The molecule has 4 nitrogen and oxygen atoms in total. The molecule has 22 heavy (non-hydrogen) atoms. The molecule has 0 spiro atoms. The van der Waals surface area contributed by atoms with Crippen LogP contribution in [0.15, 0.2) is 24.3 Å². The van der Waals surface area contributed by atoms with Crippen LogP contribution in [-0.2, 0) is 0 Å². The van der Waals surface area contributed by atoms with Crippen molar-refractivity contribution in [3.05, 3.63) is 30.0 Å². The van der Waals surface area contributed by atoms with Gasteiger partial charge in [0.2, 0.25) is 0 Å². The van der Waals surface area contributed by atoms with E-state index in [4.69, 9.17) is 4.74 Å². The molecule has 1 heterocycles. The van der Waals surface area contributed by atoms with Gasteiger partial charge < -0.3 is 15.2 Å². The summed E-state index contributed by atoms with van der Waals surface area (Å²) in [5.41, 5.74) is 3.01. The fourth-order valence-electron chi connectivity index (χ4n) is 3.57. The van der Waals surface area contributed by atoms with Crippen molar-refractivity contribution in [2.45, 2.75) is 38.6 Å². The van der Waals surface area contributed by atoms with Crippen molar-refractivity contribution >= 4 is 16.6 Å². The lowest BCUT2D eigenvalue weighted by Gasteiger charge is -2.23. The summed E-state index contributed by atoms with van der Waals surface area (Å²) in [6.07, 6.45) is 4.47. The maximum Gasteiger partial charge on any atom is 0.145 e. The number of fused-ring (bicyclic) bond motifs is 1. The highest BCUT2D eigenvalue weighted by atomic mass is 16.5. The summed E-state index contributed by atoms with van der Waals surface area (Å²) < 4.78 is 5.44. The Morgan fingerprint density at radius 1 is 1.36 bits per heavy atom. The summed E-state index contributed by atoms with van der Waals surface area (Å²) in [6.45, 7) is 2.28. The lowest BCUT2D eigenvalue weighted by Crippen LogP contribution is -2.25. The van der Waals surface area contributed by atoms with Crippen molar-refractivity contribution in [1.82, 2.24) is 4.98 Å². The number of nitrogens with one attached hydrogen (secondary N) is 1. The number of anilines is 1. The van der Waals surface area contributed by atoms with E-state index in [2.05, 4.69) is 22.4 Å². The zero-order chi connectivity index (χ0) is 15.5. The highest BCUT2D eigenvalue weighted by molar-refractivity contribution is 5.95. The monoisotopic (exact) mass is 300 g/mol. The number of para-hydroxylation sites is 1. The fourth-order valence-corrected chi connectivity index (χ4v) is 3.57. The standard InChI is InChI=1S/C18H24N2O2/c1-12-11-16(20-15-7-3-5-13(15)9-10-21)14-6-4-8-17(22-2)18(14)19-12/h4,6,8,11,13,15,21H,3,5,7,9-10H2,1-2H3,(H,19,20). The highest BCUT2D eigenvalue weighted by Gasteiger charge is 2.27. The van der Waals surface area contributed by atoms with Gasteiger partial charge in [-0.25, -0.2) is 4.98 Å². The van der Waals surface area contributed by atoms with Crippen LogP contribution in [0.25, 0.3) is 10.9 Å². The molecular weight excluding hydrogens is 276 g/mol. The first-order valence-corrected chi connectivity index (χ1v) is 8.04. The number of aliphatic hydroxyl groups excluding tert-OH is 1. The van der Waals surface area contributed by atoms with Gasteiger partial charge in [-0.3, -0.25) is 0 Å². The number of aromatic nitrogens is 1. The third kappa shape index (κ3) is 2.88. The number of rotatable bonds is 5. The number of aryl methyl sites for hydroxylation is 1. The van der Waals surface area contributed by atoms with Crippen molar-refractivity contribution in [3.8, 4) is 5.75 Å². The third-order valence-corrected chi connectivity index (χ3v) is 4.65. The van der Waals surface area contributed by atoms with E-state index in [1.807, 2.05) is 19.1 Å². The average molecular weight is 300 g/mol. The minimum absolute atomic E-state index is 0.271. The van der Waals surface area contributed by atoms with E-state index < -0.39 is 0 Å². The van der Waals surface area contributed by atoms with Crippen LogP contribution < -0.4 is 10.1 Å². The van der Waals surface area contributed by atoms with Gasteiger partial charge in [-0.2, -0.15) is 0 Å². The van der Waals surface area contributed by atoms with Crippen LogP contribution in [0.5, 0.6) is 5.75 Å². The van der Waals surface area contributed by atoms with E-state index in [0.29, 0.717) is 12.0 Å². The molecule has 1 saturated carbocycles. The molecule has 1 aromatic heterocycles. The second-order valence-corrected chi connectivity index (χ2v) is 6.12. The number of ether oxygens (including phenoxy) is 1. The molecular formula is C18H24N2O2. The van der Waals surface area contributed by atoms with Crippen molar-refractivity contribution < 1.29 is 9.84 Å². The molecule has 1 aromatic carbocycles. The molecule has 2 aromatic rings. The minimum Gasteiger partial charge on any atom is -0.494 e. The smallest absolute Gasteiger partial charge is 0.145 e. The Morgan fingerprint density at radius 2 is 2.23 bits per heavy atom. The molecule has 118 valence electrons. The van der Waals surface area contributed by atoms with Gasteiger partial charge in [-0.05, 0) is 44.2 Å². The van der Waals surface area contributed by atoms with Crippen LogP contribution in [0.4, 0.5) is 5.69 Å². The Labute approximate surface area is 131 Å². The number of aliphatic hydroxyl groups is 1. The van der Waals surface area contributed by atoms with Crippen molar-refractivity contribution in [1.29, 1.82) is 0 Å². The van der Waals surface area contributed by atoms with Crippen molar-refractivity contribution in [3.63, 3.8) is 0 Å². The molecule has 1 aliphatic carbocycles. The van der Waals surface area contributed by atoms with Gasteiger partial charge in [0.05, 0.1) is 7.11 Å². The minimum atomic E-state index is 0.271. The normalized spacial score (nSPS) is 21.2. The van der Waals surface area contributed by atoms with Gasteiger partial charge in [0.1, 0.15) is 11.3 Å². The molecule has 0 radical (unpaired) electrons. The zero-order valence-corrected chi connectivity index (χ0v) is 13.3. The first-order chi connectivity index (χ1) is 10.7. The van der Waals surface area contributed by atoms with Gasteiger partial charge in [0.25, 0.3) is 0 Å². The van der Waals surface area contributed by atoms with Crippen LogP contribution in [0.1, 0.15) is 31.4 Å². The SMILES string of the molecule is COc1cccc2c(NC3CCCC3CCO)cc(C)nc12. The molecule has 4 heteroatoms. The summed E-state index contributed by atoms with van der Waals surface area (Å²) in [5.74, 6) is 1.36. The molecule has 1 aliphatic rings. The quantitative estimate of drug-likeness (QED) is 0.887. The molecule has 2 unspecified atom stereocenters. The summed E-state index contributed by atoms with van der Waals surface area (Å²) in [7, 11) is 1.68. The molecule has 0 saturated heterocycles. The maximum atomic E-state index is 9.24. The summed E-state index contributed by atoms with van der Waals surface area (Å²) in [6, 6.07) is 8.58. The second kappa shape index (κ2) is 6.53. The molecule has 3 rings (SSSR count). The Hall–Kier alpha value is -1.81. The lowest BCUT2D eigenvalue weighted by atomic mass is 9.99. The summed E-state index contributed by atoms with van der Waals surface area (Å²) >= 11 is 0. The zero-order valence-electron chi connectivity index (χ0n) is 13.3. The van der Waals surface area contributed by atoms with E-state index in [0.717, 1.165) is 40.9 Å². The first-order valence-electron chi connectivity index (χ1n) is 8.04. The Kier molecular flexibility index (Phi) is 4.48. The van der Waals surface area contributed by atoms with Crippen molar-refractivity contribution in [2.75, 3.05) is 19.0 Å².